The number of nitrogens with one attached hydrogen (secondary N) is 1. The van der Waals surface area contributed by atoms with Gasteiger partial charge in [-0.1, -0.05) is 36.4 Å². The molecule has 4 aromatic rings. The first-order valence-corrected chi connectivity index (χ1v) is 9.81. The van der Waals surface area contributed by atoms with Crippen LogP contribution in [-0.4, -0.2) is 25.5 Å². The lowest BCUT2D eigenvalue weighted by molar-refractivity contribution is -0.121. The Bertz CT molecular complexity index is 1040. The van der Waals surface area contributed by atoms with Gasteiger partial charge in [-0.25, -0.2) is 4.98 Å². The highest BCUT2D eigenvalue weighted by atomic mass is 16.4. The second-order valence-corrected chi connectivity index (χ2v) is 6.90. The van der Waals surface area contributed by atoms with Gasteiger partial charge in [0.2, 0.25) is 17.7 Å². The van der Waals surface area contributed by atoms with Crippen molar-refractivity contribution in [1.29, 1.82) is 0 Å². The third-order valence-electron chi connectivity index (χ3n) is 4.65. The predicted molar refractivity (Wildman–Crippen MR) is 108 cm³/mol. The molecule has 1 amide bonds. The van der Waals surface area contributed by atoms with E-state index in [2.05, 4.69) is 32.6 Å². The largest absolute Gasteiger partial charge is 0.425 e. The van der Waals surface area contributed by atoms with Crippen LogP contribution in [0.1, 0.15) is 35.9 Å². The molecule has 0 spiro atoms. The minimum absolute atomic E-state index is 0.0640. The summed E-state index contributed by atoms with van der Waals surface area (Å²) in [5, 5.41) is 11.0. The normalized spacial score (nSPS) is 11.0. The second kappa shape index (κ2) is 9.14. The number of hydrogen-bond acceptors (Lipinski definition) is 5. The van der Waals surface area contributed by atoms with Gasteiger partial charge in [0.25, 0.3) is 0 Å². The van der Waals surface area contributed by atoms with E-state index >= 15 is 0 Å². The zero-order valence-corrected chi connectivity index (χ0v) is 16.1. The molecule has 0 radical (unpaired) electrons. The lowest BCUT2D eigenvalue weighted by Gasteiger charge is -2.01. The highest BCUT2D eigenvalue weighted by molar-refractivity contribution is 5.75. The summed E-state index contributed by atoms with van der Waals surface area (Å²) in [6.07, 6.45) is 7.24. The molecule has 0 atom stereocenters. The Labute approximate surface area is 168 Å². The van der Waals surface area contributed by atoms with Crippen molar-refractivity contribution in [3.63, 3.8) is 0 Å². The van der Waals surface area contributed by atoms with E-state index in [0.29, 0.717) is 31.2 Å². The molecule has 3 aromatic heterocycles. The van der Waals surface area contributed by atoms with Crippen LogP contribution >= 0.6 is 0 Å². The molecule has 0 saturated carbocycles. The number of amides is 1. The molecular formula is C22H23N5O2. The summed E-state index contributed by atoms with van der Waals surface area (Å²) in [6, 6.07) is 16.1. The summed E-state index contributed by atoms with van der Waals surface area (Å²) in [4.78, 5) is 16.6. The second-order valence-electron chi connectivity index (χ2n) is 6.90. The van der Waals surface area contributed by atoms with Crippen LogP contribution in [0, 0.1) is 0 Å². The van der Waals surface area contributed by atoms with Crippen molar-refractivity contribution < 1.29 is 9.21 Å². The van der Waals surface area contributed by atoms with E-state index in [0.717, 1.165) is 30.6 Å². The summed E-state index contributed by atoms with van der Waals surface area (Å²) >= 11 is 0. The van der Waals surface area contributed by atoms with Crippen LogP contribution in [0.25, 0.3) is 5.65 Å². The van der Waals surface area contributed by atoms with Gasteiger partial charge in [-0.2, -0.15) is 0 Å². The third kappa shape index (κ3) is 5.28. The summed E-state index contributed by atoms with van der Waals surface area (Å²) in [5.74, 6) is 1.06. The maximum atomic E-state index is 12.1. The molecule has 0 unspecified atom stereocenters. The first-order chi connectivity index (χ1) is 14.3. The first-order valence-electron chi connectivity index (χ1n) is 9.81. The van der Waals surface area contributed by atoms with Crippen molar-refractivity contribution in [2.45, 2.75) is 38.6 Å². The van der Waals surface area contributed by atoms with E-state index < -0.39 is 0 Å². The molecule has 0 aliphatic carbocycles. The van der Waals surface area contributed by atoms with Gasteiger partial charge < -0.3 is 14.1 Å². The maximum absolute atomic E-state index is 12.1. The van der Waals surface area contributed by atoms with Crippen molar-refractivity contribution in [2.24, 2.45) is 0 Å². The minimum atomic E-state index is -0.0640. The van der Waals surface area contributed by atoms with Gasteiger partial charge in [-0.05, 0) is 30.5 Å². The Hall–Kier alpha value is -3.48. The molecule has 7 heteroatoms. The molecule has 7 nitrogen and oxygen atoms in total. The summed E-state index contributed by atoms with van der Waals surface area (Å²) in [6.45, 7) is 0.398. The fourth-order valence-corrected chi connectivity index (χ4v) is 3.15. The van der Waals surface area contributed by atoms with Crippen molar-refractivity contribution in [3.05, 3.63) is 84.0 Å². The fraction of sp³-hybridized carbons (Fsp3) is 0.273. The quantitative estimate of drug-likeness (QED) is 0.475. The lowest BCUT2D eigenvalue weighted by Crippen LogP contribution is -2.23. The molecule has 3 heterocycles. The van der Waals surface area contributed by atoms with Gasteiger partial charge >= 0.3 is 0 Å². The zero-order valence-electron chi connectivity index (χ0n) is 16.1. The number of carbonyl (C=O) groups is 1. The van der Waals surface area contributed by atoms with Crippen LogP contribution in [0.15, 0.2) is 65.3 Å². The molecule has 148 valence electrons. The Balaban J connectivity index is 1.18. The van der Waals surface area contributed by atoms with E-state index in [1.54, 1.807) is 0 Å². The lowest BCUT2D eigenvalue weighted by atomic mass is 10.1. The number of carbonyl (C=O) groups excluding carboxylic acids is 1. The standard InChI is InChI=1S/C22H23N5O2/c28-20(23-15-18-16-27-14-5-4-10-19(27)24-18)12-13-22-26-25-21(29-22)11-6-9-17-7-2-1-3-8-17/h1-5,7-8,10,14,16H,6,9,11-13,15H2,(H,23,28). The molecule has 4 rings (SSSR count). The minimum Gasteiger partial charge on any atom is -0.425 e. The maximum Gasteiger partial charge on any atom is 0.220 e. The number of pyridine rings is 1. The molecule has 1 aromatic carbocycles. The molecule has 29 heavy (non-hydrogen) atoms. The number of hydrogen-bond donors (Lipinski definition) is 1. The smallest absolute Gasteiger partial charge is 0.220 e. The zero-order chi connectivity index (χ0) is 19.9. The summed E-state index contributed by atoms with van der Waals surface area (Å²) in [7, 11) is 0. The van der Waals surface area contributed by atoms with Crippen molar-refractivity contribution in [2.75, 3.05) is 0 Å². The topological polar surface area (TPSA) is 85.3 Å². The highest BCUT2D eigenvalue weighted by Crippen LogP contribution is 2.09. The molecule has 0 aliphatic heterocycles. The van der Waals surface area contributed by atoms with E-state index in [1.165, 1.54) is 5.56 Å². The van der Waals surface area contributed by atoms with Gasteiger partial charge in [0.15, 0.2) is 0 Å². The van der Waals surface area contributed by atoms with Gasteiger partial charge in [-0.15, -0.1) is 10.2 Å². The number of fused-ring (bicyclic) bond motifs is 1. The molecule has 0 bridgehead atoms. The van der Waals surface area contributed by atoms with Crippen molar-refractivity contribution in [1.82, 2.24) is 24.9 Å². The number of aryl methyl sites for hydroxylation is 3. The van der Waals surface area contributed by atoms with Crippen LogP contribution in [0.5, 0.6) is 0 Å². The monoisotopic (exact) mass is 389 g/mol. The van der Waals surface area contributed by atoms with E-state index in [-0.39, 0.29) is 5.91 Å². The average Bonchev–Trinajstić information content (AvgIpc) is 3.38. The molecule has 0 saturated heterocycles. The Morgan fingerprint density at radius 2 is 1.76 bits per heavy atom. The number of benzene rings is 1. The van der Waals surface area contributed by atoms with Crippen LogP contribution in [-0.2, 0) is 30.6 Å². The van der Waals surface area contributed by atoms with Gasteiger partial charge in [0.1, 0.15) is 5.65 Å². The van der Waals surface area contributed by atoms with Gasteiger partial charge in [-0.3, -0.25) is 4.79 Å². The average molecular weight is 389 g/mol. The Kier molecular flexibility index (Phi) is 5.95. The van der Waals surface area contributed by atoms with E-state index in [1.807, 2.05) is 53.2 Å². The van der Waals surface area contributed by atoms with Crippen molar-refractivity contribution >= 4 is 11.6 Å². The molecule has 0 aliphatic rings. The molecule has 1 N–H and O–H groups in total. The molecule has 0 fully saturated rings. The number of aromatic nitrogens is 4. The van der Waals surface area contributed by atoms with Crippen LogP contribution in [0.2, 0.25) is 0 Å². The van der Waals surface area contributed by atoms with Crippen LogP contribution in [0.3, 0.4) is 0 Å². The fourth-order valence-electron chi connectivity index (χ4n) is 3.15. The predicted octanol–water partition coefficient (Wildman–Crippen LogP) is 3.14. The van der Waals surface area contributed by atoms with Gasteiger partial charge in [0.05, 0.1) is 12.2 Å². The summed E-state index contributed by atoms with van der Waals surface area (Å²) < 4.78 is 7.59. The third-order valence-corrected chi connectivity index (χ3v) is 4.65. The Morgan fingerprint density at radius 3 is 2.59 bits per heavy atom. The van der Waals surface area contributed by atoms with Crippen molar-refractivity contribution in [3.8, 4) is 0 Å². The number of nitrogens with zero attached hydrogens (tertiary/aromatic N) is 4. The first kappa shape index (κ1) is 18.9. The number of rotatable bonds is 9. The Morgan fingerprint density at radius 1 is 0.966 bits per heavy atom. The van der Waals surface area contributed by atoms with Crippen LogP contribution in [0.4, 0.5) is 0 Å². The molecular weight excluding hydrogens is 366 g/mol. The highest BCUT2D eigenvalue weighted by Gasteiger charge is 2.10. The van der Waals surface area contributed by atoms with E-state index in [4.69, 9.17) is 4.42 Å². The van der Waals surface area contributed by atoms with E-state index in [9.17, 15) is 4.79 Å². The van der Waals surface area contributed by atoms with Gasteiger partial charge in [0, 0.05) is 31.7 Å². The summed E-state index contributed by atoms with van der Waals surface area (Å²) in [5.41, 5.74) is 2.99. The number of imidazole rings is 1. The van der Waals surface area contributed by atoms with Crippen LogP contribution < -0.4 is 5.32 Å². The SMILES string of the molecule is O=C(CCc1nnc(CCCc2ccccc2)o1)NCc1cn2ccccc2n1.